The van der Waals surface area contributed by atoms with Gasteiger partial charge in [0.2, 0.25) is 11.0 Å². The minimum Gasteiger partial charge on any atom is -0.466 e. The van der Waals surface area contributed by atoms with Gasteiger partial charge in [0.05, 0.1) is 12.5 Å². The van der Waals surface area contributed by atoms with E-state index in [1.165, 1.54) is 11.5 Å². The Hall–Kier alpha value is -2.19. The fourth-order valence-electron chi connectivity index (χ4n) is 3.79. The van der Waals surface area contributed by atoms with Crippen molar-refractivity contribution in [1.82, 2.24) is 14.3 Å². The zero-order valence-electron chi connectivity index (χ0n) is 18.9. The maximum atomic E-state index is 12.8. The third kappa shape index (κ3) is 6.65. The first-order valence-electron chi connectivity index (χ1n) is 11.2. The molecule has 0 unspecified atom stereocenters. The number of carbonyl (C=O) groups excluding carboxylic acids is 2. The highest BCUT2D eigenvalue weighted by atomic mass is 35.5. The number of halogens is 1. The number of hydrogen-bond acceptors (Lipinski definition) is 7. The van der Waals surface area contributed by atoms with E-state index in [0.29, 0.717) is 56.9 Å². The summed E-state index contributed by atoms with van der Waals surface area (Å²) in [7, 11) is 0. The highest BCUT2D eigenvalue weighted by Crippen LogP contribution is 2.23. The lowest BCUT2D eigenvalue weighted by Gasteiger charge is -2.32. The van der Waals surface area contributed by atoms with E-state index in [9.17, 15) is 9.59 Å². The molecule has 1 saturated heterocycles. The minimum atomic E-state index is -0.142. The summed E-state index contributed by atoms with van der Waals surface area (Å²) in [6.45, 7) is 8.20. The largest absolute Gasteiger partial charge is 0.466 e. The number of likely N-dealkylation sites (tertiary alicyclic amines) is 1. The fourth-order valence-corrected chi connectivity index (χ4v) is 4.76. The van der Waals surface area contributed by atoms with Crippen LogP contribution in [0.5, 0.6) is 0 Å². The smallest absolute Gasteiger partial charge is 0.309 e. The second kappa shape index (κ2) is 11.6. The molecule has 0 atom stereocenters. The highest BCUT2D eigenvalue weighted by molar-refractivity contribution is 7.09. The molecule has 0 bridgehead atoms. The molecule has 32 heavy (non-hydrogen) atoms. The van der Waals surface area contributed by atoms with Gasteiger partial charge in [-0.05, 0) is 51.3 Å². The van der Waals surface area contributed by atoms with E-state index in [-0.39, 0.29) is 23.8 Å². The number of ether oxygens (including phenoxy) is 1. The van der Waals surface area contributed by atoms with Gasteiger partial charge in [0, 0.05) is 55.1 Å². The molecule has 1 aromatic heterocycles. The summed E-state index contributed by atoms with van der Waals surface area (Å²) in [5, 5.41) is 1.54. The van der Waals surface area contributed by atoms with Crippen molar-refractivity contribution in [2.45, 2.75) is 52.5 Å². The Kier molecular flexibility index (Phi) is 8.87. The maximum Gasteiger partial charge on any atom is 0.309 e. The molecule has 1 aliphatic heterocycles. The second-order valence-corrected chi connectivity index (χ2v) is 9.41. The molecule has 2 heterocycles. The van der Waals surface area contributed by atoms with E-state index in [0.717, 1.165) is 16.5 Å². The van der Waals surface area contributed by atoms with E-state index in [2.05, 4.69) is 23.1 Å². The lowest BCUT2D eigenvalue weighted by Crippen LogP contribution is -2.42. The van der Waals surface area contributed by atoms with Crippen molar-refractivity contribution < 1.29 is 14.3 Å². The van der Waals surface area contributed by atoms with Crippen LogP contribution in [0.25, 0.3) is 0 Å². The van der Waals surface area contributed by atoms with Crippen molar-refractivity contribution >= 4 is 40.1 Å². The Morgan fingerprint density at radius 3 is 2.56 bits per heavy atom. The third-order valence-electron chi connectivity index (χ3n) is 5.64. The monoisotopic (exact) mass is 478 g/mol. The molecular weight excluding hydrogens is 448 g/mol. The van der Waals surface area contributed by atoms with Gasteiger partial charge < -0.3 is 14.5 Å². The Bertz CT molecular complexity index is 895. The first-order valence-corrected chi connectivity index (χ1v) is 12.3. The van der Waals surface area contributed by atoms with Crippen molar-refractivity contribution in [3.8, 4) is 0 Å². The van der Waals surface area contributed by atoms with Gasteiger partial charge in [0.25, 0.3) is 0 Å². The molecule has 0 N–H and O–H groups in total. The summed E-state index contributed by atoms with van der Waals surface area (Å²) < 4.78 is 9.62. The molecule has 3 rings (SSSR count). The zero-order valence-corrected chi connectivity index (χ0v) is 20.5. The summed E-state index contributed by atoms with van der Waals surface area (Å²) in [4.78, 5) is 33.4. The Morgan fingerprint density at radius 2 is 1.94 bits per heavy atom. The molecule has 1 aliphatic rings. The number of nitrogens with zero attached hydrogens (tertiary/aromatic N) is 4. The molecule has 1 fully saturated rings. The molecule has 2 aromatic rings. The molecule has 174 valence electrons. The van der Waals surface area contributed by atoms with E-state index in [1.807, 2.05) is 36.1 Å². The fraction of sp³-hybridized carbons (Fsp3) is 0.565. The number of piperidine rings is 1. The molecule has 1 aromatic carbocycles. The van der Waals surface area contributed by atoms with Crippen LogP contribution in [0.1, 0.15) is 51.4 Å². The van der Waals surface area contributed by atoms with Gasteiger partial charge in [0.15, 0.2) is 0 Å². The zero-order chi connectivity index (χ0) is 23.1. The van der Waals surface area contributed by atoms with Crippen LogP contribution in [-0.4, -0.2) is 58.4 Å². The van der Waals surface area contributed by atoms with Crippen LogP contribution in [0.2, 0.25) is 5.02 Å². The summed E-state index contributed by atoms with van der Waals surface area (Å²) in [5.41, 5.74) is 1.11. The summed E-state index contributed by atoms with van der Waals surface area (Å²) in [6, 6.07) is 7.89. The molecule has 7 nitrogen and oxygen atoms in total. The summed E-state index contributed by atoms with van der Waals surface area (Å²) in [5.74, 6) is 0.650. The number of aromatic nitrogens is 2. The Labute approximate surface area is 198 Å². The molecule has 9 heteroatoms. The van der Waals surface area contributed by atoms with Crippen LogP contribution in [-0.2, 0) is 20.7 Å². The lowest BCUT2D eigenvalue weighted by atomic mass is 9.97. The third-order valence-corrected chi connectivity index (χ3v) is 6.68. The molecular formula is C23H31ClN4O3S. The molecule has 0 radical (unpaired) electrons. The van der Waals surface area contributed by atoms with E-state index in [4.69, 9.17) is 21.3 Å². The van der Waals surface area contributed by atoms with Crippen LogP contribution >= 0.6 is 23.1 Å². The standard InChI is InChI=1S/C23H31ClN4O3S/c1-4-31-22(30)18-9-12-27(13-10-18)21(29)11-14-28(16(2)3)23-25-20(26-32-23)15-17-5-7-19(24)8-6-17/h5-8,16,18H,4,9-15H2,1-3H3. The molecule has 0 spiro atoms. The van der Waals surface area contributed by atoms with Crippen LogP contribution < -0.4 is 4.90 Å². The molecule has 1 amide bonds. The van der Waals surface area contributed by atoms with Crippen molar-refractivity contribution in [3.63, 3.8) is 0 Å². The summed E-state index contributed by atoms with van der Waals surface area (Å²) >= 11 is 7.32. The number of carbonyl (C=O) groups is 2. The average molecular weight is 479 g/mol. The lowest BCUT2D eigenvalue weighted by molar-refractivity contribution is -0.151. The number of benzene rings is 1. The number of rotatable bonds is 9. The van der Waals surface area contributed by atoms with Gasteiger partial charge in [0.1, 0.15) is 5.82 Å². The van der Waals surface area contributed by atoms with E-state index in [1.54, 1.807) is 0 Å². The van der Waals surface area contributed by atoms with Gasteiger partial charge in [-0.15, -0.1) is 0 Å². The van der Waals surface area contributed by atoms with Gasteiger partial charge in [-0.2, -0.15) is 4.37 Å². The van der Waals surface area contributed by atoms with Crippen molar-refractivity contribution in [3.05, 3.63) is 40.7 Å². The minimum absolute atomic E-state index is 0.0911. The number of amides is 1. The van der Waals surface area contributed by atoms with Gasteiger partial charge in [-0.1, -0.05) is 23.7 Å². The normalized spacial score (nSPS) is 14.6. The second-order valence-electron chi connectivity index (χ2n) is 8.24. The predicted octanol–water partition coefficient (Wildman–Crippen LogP) is 4.19. The first-order chi connectivity index (χ1) is 15.4. The van der Waals surface area contributed by atoms with Crippen LogP contribution in [0.15, 0.2) is 24.3 Å². The van der Waals surface area contributed by atoms with Gasteiger partial charge in [-0.25, -0.2) is 4.98 Å². The van der Waals surface area contributed by atoms with Crippen molar-refractivity contribution in [1.29, 1.82) is 0 Å². The Morgan fingerprint density at radius 1 is 1.25 bits per heavy atom. The Balaban J connectivity index is 1.52. The summed E-state index contributed by atoms with van der Waals surface area (Å²) in [6.07, 6.45) is 2.40. The first kappa shape index (κ1) is 24.5. The van der Waals surface area contributed by atoms with Gasteiger partial charge in [-0.3, -0.25) is 9.59 Å². The van der Waals surface area contributed by atoms with Crippen molar-refractivity contribution in [2.75, 3.05) is 31.1 Å². The van der Waals surface area contributed by atoms with Crippen LogP contribution in [0, 0.1) is 5.92 Å². The number of anilines is 1. The number of hydrogen-bond donors (Lipinski definition) is 0. The SMILES string of the molecule is CCOC(=O)C1CCN(C(=O)CCN(c2nc(Cc3ccc(Cl)cc3)ns2)C(C)C)CC1. The van der Waals surface area contributed by atoms with Crippen molar-refractivity contribution in [2.24, 2.45) is 5.92 Å². The quantitative estimate of drug-likeness (QED) is 0.503. The average Bonchev–Trinajstić information content (AvgIpc) is 3.23. The van der Waals surface area contributed by atoms with E-state index < -0.39 is 0 Å². The number of esters is 1. The maximum absolute atomic E-state index is 12.8. The predicted molar refractivity (Wildman–Crippen MR) is 127 cm³/mol. The topological polar surface area (TPSA) is 75.6 Å². The molecule has 0 aliphatic carbocycles. The highest BCUT2D eigenvalue weighted by Gasteiger charge is 2.28. The van der Waals surface area contributed by atoms with Crippen LogP contribution in [0.3, 0.4) is 0 Å². The van der Waals surface area contributed by atoms with E-state index >= 15 is 0 Å². The van der Waals surface area contributed by atoms with Crippen LogP contribution in [0.4, 0.5) is 5.13 Å². The van der Waals surface area contributed by atoms with Gasteiger partial charge >= 0.3 is 5.97 Å². The molecule has 0 saturated carbocycles.